The molecule has 2 amide bonds. The van der Waals surface area contributed by atoms with Gasteiger partial charge in [0, 0.05) is 32.0 Å². The lowest BCUT2D eigenvalue weighted by Gasteiger charge is -2.30. The van der Waals surface area contributed by atoms with Gasteiger partial charge in [-0.15, -0.1) is 0 Å². The van der Waals surface area contributed by atoms with Crippen LogP contribution < -0.4 is 15.4 Å². The van der Waals surface area contributed by atoms with Crippen LogP contribution in [0.2, 0.25) is 0 Å². The second-order valence-corrected chi connectivity index (χ2v) is 10.1. The van der Waals surface area contributed by atoms with Crippen LogP contribution in [-0.2, 0) is 31.5 Å². The quantitative estimate of drug-likeness (QED) is 0.610. The molecule has 0 spiro atoms. The average molecular weight is 446 g/mol. The number of nitrogens with one attached hydrogen (secondary N) is 2. The number of nitrogens with zero attached hydrogens (tertiary/aromatic N) is 1. The highest BCUT2D eigenvalue weighted by atomic mass is 32.2. The zero-order valence-corrected chi connectivity index (χ0v) is 18.7. The Hall–Kier alpha value is -2.94. The number of ether oxygens (including phenoxy) is 1. The number of hydrogen-bond donors (Lipinski definition) is 2. The molecule has 0 unspecified atom stereocenters. The summed E-state index contributed by atoms with van der Waals surface area (Å²) < 4.78 is 29.1. The second-order valence-electron chi connectivity index (χ2n) is 8.04. The van der Waals surface area contributed by atoms with Crippen LogP contribution in [0.5, 0.6) is 5.88 Å². The van der Waals surface area contributed by atoms with Gasteiger partial charge in [-0.2, -0.15) is 0 Å². The summed E-state index contributed by atoms with van der Waals surface area (Å²) in [6, 6.07) is 9.46. The molecular weight excluding hydrogens is 418 g/mol. The predicted molar refractivity (Wildman–Crippen MR) is 115 cm³/mol. The third-order valence-corrected chi connectivity index (χ3v) is 6.28. The summed E-state index contributed by atoms with van der Waals surface area (Å²) in [4.78, 5) is 29.2. The van der Waals surface area contributed by atoms with E-state index < -0.39 is 21.3 Å². The fourth-order valence-electron chi connectivity index (χ4n) is 3.13. The molecule has 1 aromatic heterocycles. The monoisotopic (exact) mass is 445 g/mol. The van der Waals surface area contributed by atoms with Gasteiger partial charge in [-0.3, -0.25) is 9.59 Å². The van der Waals surface area contributed by atoms with Crippen molar-refractivity contribution in [2.45, 2.75) is 43.7 Å². The number of sulfone groups is 1. The van der Waals surface area contributed by atoms with Gasteiger partial charge < -0.3 is 15.4 Å². The molecule has 0 bridgehead atoms. The van der Waals surface area contributed by atoms with Crippen molar-refractivity contribution in [2.75, 3.05) is 12.9 Å². The van der Waals surface area contributed by atoms with Gasteiger partial charge in [-0.1, -0.05) is 12.1 Å². The molecule has 1 saturated carbocycles. The van der Waals surface area contributed by atoms with Crippen LogP contribution in [-0.4, -0.2) is 38.1 Å². The van der Waals surface area contributed by atoms with Crippen molar-refractivity contribution in [1.29, 1.82) is 0 Å². The molecule has 2 aromatic rings. The standard InChI is InChI=1S/C22H27N3O5S/c1-15(26)25-22(2,18-6-8-19(9-7-18)31(3,28)29)21(27)24-13-17-10-11-23-20(12-17)30-14-16-4-5-16/h6-12,16H,4-5,13-14H2,1-3H3,(H,24,27)(H,25,26)/t22-/m1/s1. The Labute approximate surface area is 182 Å². The van der Waals surface area contributed by atoms with E-state index >= 15 is 0 Å². The van der Waals surface area contributed by atoms with Crippen molar-refractivity contribution in [3.63, 3.8) is 0 Å². The Morgan fingerprint density at radius 1 is 1.19 bits per heavy atom. The molecule has 1 aromatic carbocycles. The summed E-state index contributed by atoms with van der Waals surface area (Å²) in [5, 5.41) is 5.52. The third-order valence-electron chi connectivity index (χ3n) is 5.16. The SMILES string of the molecule is CC(=O)N[C@@](C)(C(=O)NCc1ccnc(OCC2CC2)c1)c1ccc(S(C)(=O)=O)cc1. The van der Waals surface area contributed by atoms with Crippen molar-refractivity contribution in [2.24, 2.45) is 5.92 Å². The molecule has 0 radical (unpaired) electrons. The third kappa shape index (κ3) is 6.04. The number of aromatic nitrogens is 1. The Morgan fingerprint density at radius 2 is 1.87 bits per heavy atom. The van der Waals surface area contributed by atoms with Crippen LogP contribution in [0.3, 0.4) is 0 Å². The minimum absolute atomic E-state index is 0.136. The number of carbonyl (C=O) groups is 2. The van der Waals surface area contributed by atoms with Crippen molar-refractivity contribution >= 4 is 21.7 Å². The van der Waals surface area contributed by atoms with Crippen LogP contribution in [0.4, 0.5) is 0 Å². The summed E-state index contributed by atoms with van der Waals surface area (Å²) in [6.07, 6.45) is 5.10. The maximum atomic E-state index is 13.1. The topological polar surface area (TPSA) is 114 Å². The molecule has 31 heavy (non-hydrogen) atoms. The minimum atomic E-state index is -3.37. The lowest BCUT2D eigenvalue weighted by atomic mass is 9.90. The number of hydrogen-bond acceptors (Lipinski definition) is 6. The largest absolute Gasteiger partial charge is 0.477 e. The van der Waals surface area contributed by atoms with E-state index in [-0.39, 0.29) is 17.3 Å². The second kappa shape index (κ2) is 9.05. The summed E-state index contributed by atoms with van der Waals surface area (Å²) in [5.74, 6) is 0.314. The molecule has 9 heteroatoms. The molecule has 1 fully saturated rings. The maximum Gasteiger partial charge on any atom is 0.250 e. The maximum absolute atomic E-state index is 13.1. The predicted octanol–water partition coefficient (Wildman–Crippen LogP) is 1.94. The Kier molecular flexibility index (Phi) is 6.64. The molecule has 8 nitrogen and oxygen atoms in total. The van der Waals surface area contributed by atoms with Gasteiger partial charge >= 0.3 is 0 Å². The zero-order valence-electron chi connectivity index (χ0n) is 17.8. The highest BCUT2D eigenvalue weighted by Gasteiger charge is 2.36. The van der Waals surface area contributed by atoms with E-state index in [1.54, 1.807) is 25.3 Å². The molecule has 1 atom stereocenters. The number of benzene rings is 1. The smallest absolute Gasteiger partial charge is 0.250 e. The zero-order chi connectivity index (χ0) is 22.6. The fraction of sp³-hybridized carbons (Fsp3) is 0.409. The first-order chi connectivity index (χ1) is 14.6. The molecule has 0 aliphatic heterocycles. The van der Waals surface area contributed by atoms with E-state index in [0.29, 0.717) is 24.0 Å². The molecule has 3 rings (SSSR count). The number of amides is 2. The van der Waals surface area contributed by atoms with Gasteiger partial charge in [0.1, 0.15) is 5.54 Å². The molecule has 1 aliphatic carbocycles. The normalized spacial score (nSPS) is 15.6. The van der Waals surface area contributed by atoms with Crippen molar-refractivity contribution < 1.29 is 22.7 Å². The van der Waals surface area contributed by atoms with E-state index in [1.807, 2.05) is 0 Å². The van der Waals surface area contributed by atoms with Crippen LogP contribution in [0.25, 0.3) is 0 Å². The van der Waals surface area contributed by atoms with Crippen LogP contribution in [0.1, 0.15) is 37.8 Å². The number of rotatable bonds is 9. The van der Waals surface area contributed by atoms with Gasteiger partial charge in [0.05, 0.1) is 11.5 Å². The Morgan fingerprint density at radius 3 is 2.45 bits per heavy atom. The van der Waals surface area contributed by atoms with Crippen molar-refractivity contribution in [3.05, 3.63) is 53.7 Å². The van der Waals surface area contributed by atoms with Crippen molar-refractivity contribution in [1.82, 2.24) is 15.6 Å². The molecule has 2 N–H and O–H groups in total. The molecule has 1 heterocycles. The van der Waals surface area contributed by atoms with E-state index in [9.17, 15) is 18.0 Å². The van der Waals surface area contributed by atoms with Gasteiger partial charge in [0.15, 0.2) is 9.84 Å². The summed E-state index contributed by atoms with van der Waals surface area (Å²) >= 11 is 0. The Balaban J connectivity index is 1.73. The first-order valence-corrected chi connectivity index (χ1v) is 11.9. The van der Waals surface area contributed by atoms with E-state index in [1.165, 1.54) is 44.0 Å². The first-order valence-electron chi connectivity index (χ1n) is 10.0. The minimum Gasteiger partial charge on any atom is -0.477 e. The van der Waals surface area contributed by atoms with Gasteiger partial charge in [-0.05, 0) is 55.0 Å². The number of carbonyl (C=O) groups excluding carboxylic acids is 2. The summed E-state index contributed by atoms with van der Waals surface area (Å²) in [5.41, 5.74) is -0.0947. The highest BCUT2D eigenvalue weighted by Crippen LogP contribution is 2.29. The van der Waals surface area contributed by atoms with Crippen molar-refractivity contribution in [3.8, 4) is 5.88 Å². The van der Waals surface area contributed by atoms with Gasteiger partial charge in [0.2, 0.25) is 17.7 Å². The lowest BCUT2D eigenvalue weighted by molar-refractivity contribution is -0.132. The van der Waals surface area contributed by atoms with Gasteiger partial charge in [0.25, 0.3) is 0 Å². The van der Waals surface area contributed by atoms with Crippen LogP contribution in [0, 0.1) is 5.92 Å². The molecule has 1 aliphatic rings. The summed E-state index contributed by atoms with van der Waals surface area (Å²) in [6.45, 7) is 3.77. The fourth-order valence-corrected chi connectivity index (χ4v) is 3.76. The highest BCUT2D eigenvalue weighted by molar-refractivity contribution is 7.90. The van der Waals surface area contributed by atoms with E-state index in [4.69, 9.17) is 4.74 Å². The van der Waals surface area contributed by atoms with E-state index in [2.05, 4.69) is 15.6 Å². The van der Waals surface area contributed by atoms with Crippen LogP contribution in [0.15, 0.2) is 47.5 Å². The van der Waals surface area contributed by atoms with Crippen LogP contribution >= 0.6 is 0 Å². The first kappa shape index (κ1) is 22.7. The molecule has 0 saturated heterocycles. The molecular formula is C22H27N3O5S. The van der Waals surface area contributed by atoms with Gasteiger partial charge in [-0.25, -0.2) is 13.4 Å². The Bertz CT molecular complexity index is 1060. The summed E-state index contributed by atoms with van der Waals surface area (Å²) in [7, 11) is -3.37. The lowest BCUT2D eigenvalue weighted by Crippen LogP contribution is -2.53. The number of pyridine rings is 1. The van der Waals surface area contributed by atoms with E-state index in [0.717, 1.165) is 11.8 Å². The average Bonchev–Trinajstić information content (AvgIpc) is 3.54. The molecule has 166 valence electrons.